The summed E-state index contributed by atoms with van der Waals surface area (Å²) in [7, 11) is 1.88. The fourth-order valence-corrected chi connectivity index (χ4v) is 4.34. The monoisotopic (exact) mass is 451 g/mol. The summed E-state index contributed by atoms with van der Waals surface area (Å²) in [6.45, 7) is 5.71. The molecule has 0 unspecified atom stereocenters. The van der Waals surface area contributed by atoms with E-state index in [1.54, 1.807) is 4.68 Å². The average Bonchev–Trinajstić information content (AvgIpc) is 3.26. The van der Waals surface area contributed by atoms with Gasteiger partial charge in [0.25, 0.3) is 5.56 Å². The second-order valence-electron chi connectivity index (χ2n) is 7.30. The van der Waals surface area contributed by atoms with Crippen LogP contribution in [-0.4, -0.2) is 19.6 Å². The molecule has 8 heteroatoms. The first-order valence-electron chi connectivity index (χ1n) is 9.74. The number of hydrogen-bond acceptors (Lipinski definition) is 4. The maximum atomic E-state index is 13.7. The Morgan fingerprint density at radius 3 is 2.35 bits per heavy atom. The molecule has 0 N–H and O–H groups in total. The van der Waals surface area contributed by atoms with Gasteiger partial charge in [0.2, 0.25) is 4.80 Å². The maximum absolute atomic E-state index is 13.7. The first-order valence-corrected chi connectivity index (χ1v) is 11.0. The minimum atomic E-state index is -0.126. The van der Waals surface area contributed by atoms with Crippen LogP contribution >= 0.6 is 22.9 Å². The predicted molar refractivity (Wildman–Crippen MR) is 128 cm³/mol. The summed E-state index contributed by atoms with van der Waals surface area (Å²) in [6.07, 6.45) is 0. The van der Waals surface area contributed by atoms with E-state index in [4.69, 9.17) is 11.6 Å². The number of nitrogens with zero attached hydrogens (tertiary/aromatic N) is 5. The summed E-state index contributed by atoms with van der Waals surface area (Å²) < 4.78 is 5.41. The van der Waals surface area contributed by atoms with Gasteiger partial charge in [-0.1, -0.05) is 41.9 Å². The van der Waals surface area contributed by atoms with Crippen LogP contribution in [0.4, 0.5) is 0 Å². The van der Waals surface area contributed by atoms with Crippen LogP contribution in [-0.2, 0) is 7.05 Å². The Morgan fingerprint density at radius 2 is 1.71 bits per heavy atom. The molecule has 0 fully saturated rings. The van der Waals surface area contributed by atoms with E-state index < -0.39 is 0 Å². The van der Waals surface area contributed by atoms with E-state index in [0.717, 1.165) is 28.4 Å². The molecule has 31 heavy (non-hydrogen) atoms. The second-order valence-corrected chi connectivity index (χ2v) is 8.58. The Labute approximate surface area is 189 Å². The number of benzene rings is 2. The van der Waals surface area contributed by atoms with Crippen LogP contribution in [0.15, 0.2) is 75.0 Å². The molecule has 0 aliphatic carbocycles. The fourth-order valence-electron chi connectivity index (χ4n) is 3.37. The van der Waals surface area contributed by atoms with Crippen molar-refractivity contribution in [3.8, 4) is 22.6 Å². The number of hydrogen-bond donors (Lipinski definition) is 0. The quantitative estimate of drug-likeness (QED) is 0.320. The van der Waals surface area contributed by atoms with Crippen molar-refractivity contribution >= 4 is 28.6 Å². The standard InChI is InChI=1S/C23H22ClN5OS/c1-15(2)25-26-23-28(20(14-31-23)17-10-12-18(24)13-11-17)21-16(3)27(4)29(22(21)30)19-8-6-5-7-9-19/h5-14H,1-4H3. The number of thiazole rings is 1. The largest absolute Gasteiger partial charge is 0.296 e. The van der Waals surface area contributed by atoms with Crippen molar-refractivity contribution in [2.75, 3.05) is 0 Å². The molecule has 0 atom stereocenters. The van der Waals surface area contributed by atoms with Crippen molar-refractivity contribution in [1.29, 1.82) is 0 Å². The molecule has 0 bridgehead atoms. The van der Waals surface area contributed by atoms with Crippen LogP contribution in [0, 0.1) is 6.92 Å². The summed E-state index contributed by atoms with van der Waals surface area (Å²) in [4.78, 5) is 14.3. The van der Waals surface area contributed by atoms with Gasteiger partial charge in [0.05, 0.1) is 17.1 Å². The molecule has 0 saturated carbocycles. The van der Waals surface area contributed by atoms with Gasteiger partial charge < -0.3 is 0 Å². The van der Waals surface area contributed by atoms with E-state index in [1.807, 2.05) is 97.0 Å². The second kappa shape index (κ2) is 8.53. The molecule has 6 nitrogen and oxygen atoms in total. The van der Waals surface area contributed by atoms with Gasteiger partial charge >= 0.3 is 0 Å². The Morgan fingerprint density at radius 1 is 1.03 bits per heavy atom. The first-order chi connectivity index (χ1) is 14.9. The number of aromatic nitrogens is 3. The predicted octanol–water partition coefficient (Wildman–Crippen LogP) is 4.95. The van der Waals surface area contributed by atoms with E-state index in [2.05, 4.69) is 10.2 Å². The van der Waals surface area contributed by atoms with E-state index in [0.29, 0.717) is 15.5 Å². The number of halogens is 1. The molecular formula is C23H22ClN5OS. The van der Waals surface area contributed by atoms with Crippen molar-refractivity contribution in [3.63, 3.8) is 0 Å². The highest BCUT2D eigenvalue weighted by molar-refractivity contribution is 7.07. The molecule has 0 aliphatic heterocycles. The number of rotatable bonds is 4. The molecule has 2 aromatic carbocycles. The molecule has 0 aliphatic rings. The van der Waals surface area contributed by atoms with Gasteiger partial charge in [0.1, 0.15) is 5.69 Å². The molecule has 2 aromatic heterocycles. The van der Waals surface area contributed by atoms with Crippen LogP contribution < -0.4 is 10.4 Å². The summed E-state index contributed by atoms with van der Waals surface area (Å²) in [5.41, 5.74) is 4.66. The van der Waals surface area contributed by atoms with Crippen LogP contribution in [0.3, 0.4) is 0 Å². The van der Waals surface area contributed by atoms with E-state index in [9.17, 15) is 4.79 Å². The first kappa shape index (κ1) is 21.1. The molecule has 2 heterocycles. The summed E-state index contributed by atoms with van der Waals surface area (Å²) in [5.74, 6) is 0. The normalized spacial score (nSPS) is 11.7. The molecule has 0 spiro atoms. The Bertz CT molecular complexity index is 1380. The lowest BCUT2D eigenvalue weighted by Gasteiger charge is -2.08. The van der Waals surface area contributed by atoms with Crippen molar-refractivity contribution in [3.05, 3.63) is 85.8 Å². The highest BCUT2D eigenvalue weighted by Crippen LogP contribution is 2.25. The molecular weight excluding hydrogens is 430 g/mol. The van der Waals surface area contributed by atoms with Gasteiger partial charge in [-0.2, -0.15) is 5.10 Å². The third-order valence-electron chi connectivity index (χ3n) is 4.93. The van der Waals surface area contributed by atoms with Gasteiger partial charge in [0, 0.05) is 23.2 Å². The van der Waals surface area contributed by atoms with Crippen molar-refractivity contribution in [2.45, 2.75) is 20.8 Å². The van der Waals surface area contributed by atoms with Gasteiger partial charge in [-0.25, -0.2) is 4.68 Å². The Balaban J connectivity index is 2.05. The lowest BCUT2D eigenvalue weighted by Crippen LogP contribution is -2.24. The molecule has 0 radical (unpaired) electrons. The summed E-state index contributed by atoms with van der Waals surface area (Å²) in [6, 6.07) is 17.1. The highest BCUT2D eigenvalue weighted by Gasteiger charge is 2.22. The third-order valence-corrected chi connectivity index (χ3v) is 6.00. The topological polar surface area (TPSA) is 56.6 Å². The van der Waals surface area contributed by atoms with Gasteiger partial charge in [0.15, 0.2) is 0 Å². The van der Waals surface area contributed by atoms with Crippen molar-refractivity contribution in [1.82, 2.24) is 13.9 Å². The van der Waals surface area contributed by atoms with Crippen LogP contribution in [0.25, 0.3) is 22.6 Å². The zero-order valence-corrected chi connectivity index (χ0v) is 19.3. The summed E-state index contributed by atoms with van der Waals surface area (Å²) in [5, 5.41) is 11.3. The minimum absolute atomic E-state index is 0.126. The Hall–Kier alpha value is -3.16. The average molecular weight is 452 g/mol. The fraction of sp³-hybridized carbons (Fsp3) is 0.174. The highest BCUT2D eigenvalue weighted by atomic mass is 35.5. The van der Waals surface area contributed by atoms with Gasteiger partial charge in [-0.05, 0) is 50.6 Å². The molecule has 4 aromatic rings. The Kier molecular flexibility index (Phi) is 5.80. The number of para-hydroxylation sites is 1. The van der Waals surface area contributed by atoms with Crippen LogP contribution in [0.2, 0.25) is 5.02 Å². The van der Waals surface area contributed by atoms with Gasteiger partial charge in [-0.15, -0.1) is 16.4 Å². The van der Waals surface area contributed by atoms with E-state index in [-0.39, 0.29) is 5.56 Å². The van der Waals surface area contributed by atoms with Crippen LogP contribution in [0.5, 0.6) is 0 Å². The molecule has 0 amide bonds. The smallest absolute Gasteiger partial charge is 0.283 e. The third kappa shape index (κ3) is 3.94. The van der Waals surface area contributed by atoms with Crippen molar-refractivity contribution < 1.29 is 0 Å². The maximum Gasteiger partial charge on any atom is 0.296 e. The summed E-state index contributed by atoms with van der Waals surface area (Å²) >= 11 is 7.53. The zero-order chi connectivity index (χ0) is 22.1. The van der Waals surface area contributed by atoms with E-state index in [1.165, 1.54) is 11.3 Å². The van der Waals surface area contributed by atoms with Gasteiger partial charge in [-0.3, -0.25) is 14.0 Å². The lowest BCUT2D eigenvalue weighted by molar-refractivity contribution is 0.630. The molecule has 0 saturated heterocycles. The van der Waals surface area contributed by atoms with Crippen LogP contribution in [0.1, 0.15) is 19.5 Å². The minimum Gasteiger partial charge on any atom is -0.283 e. The van der Waals surface area contributed by atoms with Crippen molar-refractivity contribution in [2.24, 2.45) is 17.3 Å². The lowest BCUT2D eigenvalue weighted by atomic mass is 10.1. The molecule has 4 rings (SSSR count). The zero-order valence-electron chi connectivity index (χ0n) is 17.7. The molecule has 158 valence electrons. The SMILES string of the molecule is CC(C)=NN=c1scc(-c2ccc(Cl)cc2)n1-c1c(C)n(C)n(-c2ccccc2)c1=O. The van der Waals surface area contributed by atoms with E-state index >= 15 is 0 Å².